The van der Waals surface area contributed by atoms with E-state index in [0.29, 0.717) is 12.5 Å². The SMILES string of the molecule is CCC(=O)c1ccc(N(C)C2CCC2)cc1. The lowest BCUT2D eigenvalue weighted by Crippen LogP contribution is -2.37. The molecule has 1 aromatic carbocycles. The molecule has 86 valence electrons. The van der Waals surface area contributed by atoms with Crippen LogP contribution in [-0.4, -0.2) is 18.9 Å². The minimum Gasteiger partial charge on any atom is -0.372 e. The predicted molar refractivity (Wildman–Crippen MR) is 67.1 cm³/mol. The number of rotatable bonds is 4. The summed E-state index contributed by atoms with van der Waals surface area (Å²) >= 11 is 0. The molecule has 1 fully saturated rings. The van der Waals surface area contributed by atoms with E-state index in [0.717, 1.165) is 5.56 Å². The maximum Gasteiger partial charge on any atom is 0.162 e. The number of Topliss-reactive ketones (excluding diaryl/α,β-unsaturated/α-hetero) is 1. The highest BCUT2D eigenvalue weighted by Gasteiger charge is 2.22. The van der Waals surface area contributed by atoms with Crippen molar-refractivity contribution in [3.63, 3.8) is 0 Å². The van der Waals surface area contributed by atoms with Crippen molar-refractivity contribution in [2.24, 2.45) is 0 Å². The lowest BCUT2D eigenvalue weighted by molar-refractivity contribution is 0.0988. The fraction of sp³-hybridized carbons (Fsp3) is 0.500. The normalized spacial score (nSPS) is 15.6. The van der Waals surface area contributed by atoms with Gasteiger partial charge in [0, 0.05) is 30.8 Å². The molecule has 2 heteroatoms. The first-order valence-electron chi connectivity index (χ1n) is 6.08. The van der Waals surface area contributed by atoms with E-state index in [9.17, 15) is 4.79 Å². The van der Waals surface area contributed by atoms with Crippen molar-refractivity contribution in [3.8, 4) is 0 Å². The molecule has 0 N–H and O–H groups in total. The molecule has 16 heavy (non-hydrogen) atoms. The third kappa shape index (κ3) is 2.11. The third-order valence-electron chi connectivity index (χ3n) is 3.54. The number of nitrogens with zero attached hydrogens (tertiary/aromatic N) is 1. The van der Waals surface area contributed by atoms with Gasteiger partial charge in [0.15, 0.2) is 5.78 Å². The minimum absolute atomic E-state index is 0.220. The Balaban J connectivity index is 2.09. The summed E-state index contributed by atoms with van der Waals surface area (Å²) in [5.41, 5.74) is 2.05. The zero-order valence-corrected chi connectivity index (χ0v) is 10.1. The quantitative estimate of drug-likeness (QED) is 0.721. The molecule has 1 aliphatic carbocycles. The van der Waals surface area contributed by atoms with Gasteiger partial charge in [-0.2, -0.15) is 0 Å². The minimum atomic E-state index is 0.220. The van der Waals surface area contributed by atoms with Crippen molar-refractivity contribution in [1.29, 1.82) is 0 Å². The molecule has 0 unspecified atom stereocenters. The van der Waals surface area contributed by atoms with Gasteiger partial charge in [0.05, 0.1) is 0 Å². The number of carbonyl (C=O) groups excluding carboxylic acids is 1. The molecule has 0 bridgehead atoms. The van der Waals surface area contributed by atoms with Crippen LogP contribution >= 0.6 is 0 Å². The van der Waals surface area contributed by atoms with Crippen molar-refractivity contribution in [2.45, 2.75) is 38.6 Å². The first-order valence-corrected chi connectivity index (χ1v) is 6.08. The highest BCUT2D eigenvalue weighted by atomic mass is 16.1. The summed E-state index contributed by atoms with van der Waals surface area (Å²) in [6, 6.07) is 8.70. The Hall–Kier alpha value is -1.31. The van der Waals surface area contributed by atoms with E-state index in [1.165, 1.54) is 24.9 Å². The van der Waals surface area contributed by atoms with Crippen LogP contribution in [0.15, 0.2) is 24.3 Å². The van der Waals surface area contributed by atoms with E-state index in [2.05, 4.69) is 24.1 Å². The Morgan fingerprint density at radius 3 is 2.38 bits per heavy atom. The number of anilines is 1. The molecular formula is C14H19NO. The van der Waals surface area contributed by atoms with E-state index in [1.807, 2.05) is 19.1 Å². The van der Waals surface area contributed by atoms with Gasteiger partial charge < -0.3 is 4.90 Å². The Morgan fingerprint density at radius 2 is 1.94 bits per heavy atom. The fourth-order valence-corrected chi connectivity index (χ4v) is 2.07. The maximum atomic E-state index is 11.5. The van der Waals surface area contributed by atoms with Crippen LogP contribution in [0.3, 0.4) is 0 Å². The van der Waals surface area contributed by atoms with Gasteiger partial charge >= 0.3 is 0 Å². The molecule has 0 atom stereocenters. The lowest BCUT2D eigenvalue weighted by Gasteiger charge is -2.36. The lowest BCUT2D eigenvalue weighted by atomic mass is 9.91. The molecule has 0 aromatic heterocycles. The highest BCUT2D eigenvalue weighted by molar-refractivity contribution is 5.96. The number of ketones is 1. The molecular weight excluding hydrogens is 198 g/mol. The fourth-order valence-electron chi connectivity index (χ4n) is 2.07. The van der Waals surface area contributed by atoms with E-state index in [4.69, 9.17) is 0 Å². The van der Waals surface area contributed by atoms with Gasteiger partial charge in [0.1, 0.15) is 0 Å². The molecule has 2 rings (SSSR count). The zero-order chi connectivity index (χ0) is 11.5. The molecule has 0 amide bonds. The van der Waals surface area contributed by atoms with Crippen LogP contribution in [-0.2, 0) is 0 Å². The Morgan fingerprint density at radius 1 is 1.31 bits per heavy atom. The summed E-state index contributed by atoms with van der Waals surface area (Å²) in [4.78, 5) is 13.8. The van der Waals surface area contributed by atoms with Crippen LogP contribution in [0.1, 0.15) is 43.0 Å². The second-order valence-corrected chi connectivity index (χ2v) is 4.52. The van der Waals surface area contributed by atoms with Crippen LogP contribution in [0.4, 0.5) is 5.69 Å². The van der Waals surface area contributed by atoms with Gasteiger partial charge in [-0.25, -0.2) is 0 Å². The van der Waals surface area contributed by atoms with Crippen molar-refractivity contribution in [3.05, 3.63) is 29.8 Å². The number of carbonyl (C=O) groups is 1. The van der Waals surface area contributed by atoms with E-state index < -0.39 is 0 Å². The Bertz CT molecular complexity index is 365. The molecule has 0 radical (unpaired) electrons. The molecule has 0 heterocycles. The van der Waals surface area contributed by atoms with Gasteiger partial charge in [-0.05, 0) is 43.5 Å². The highest BCUT2D eigenvalue weighted by Crippen LogP contribution is 2.28. The molecule has 1 saturated carbocycles. The number of benzene rings is 1. The number of hydrogen-bond donors (Lipinski definition) is 0. The standard InChI is InChI=1S/C14H19NO/c1-3-14(16)11-7-9-13(10-8-11)15(2)12-5-4-6-12/h7-10,12H,3-6H2,1-2H3. The second-order valence-electron chi connectivity index (χ2n) is 4.52. The molecule has 0 spiro atoms. The van der Waals surface area contributed by atoms with Crippen LogP contribution in [0.5, 0.6) is 0 Å². The molecule has 1 aliphatic rings. The summed E-state index contributed by atoms with van der Waals surface area (Å²) in [6.45, 7) is 1.90. The summed E-state index contributed by atoms with van der Waals surface area (Å²) in [5.74, 6) is 0.220. The maximum absolute atomic E-state index is 11.5. The monoisotopic (exact) mass is 217 g/mol. The molecule has 0 aliphatic heterocycles. The van der Waals surface area contributed by atoms with Crippen LogP contribution in [0, 0.1) is 0 Å². The zero-order valence-electron chi connectivity index (χ0n) is 10.1. The Labute approximate surface area is 97.3 Å². The van der Waals surface area contributed by atoms with Crippen LogP contribution < -0.4 is 4.90 Å². The average molecular weight is 217 g/mol. The van der Waals surface area contributed by atoms with Gasteiger partial charge in [-0.15, -0.1) is 0 Å². The van der Waals surface area contributed by atoms with Gasteiger partial charge in [0.25, 0.3) is 0 Å². The topological polar surface area (TPSA) is 20.3 Å². The Kier molecular flexibility index (Phi) is 3.28. The van der Waals surface area contributed by atoms with Crippen molar-refractivity contribution in [1.82, 2.24) is 0 Å². The first kappa shape index (κ1) is 11.2. The largest absolute Gasteiger partial charge is 0.372 e. The third-order valence-corrected chi connectivity index (χ3v) is 3.54. The predicted octanol–water partition coefficient (Wildman–Crippen LogP) is 3.27. The van der Waals surface area contributed by atoms with E-state index >= 15 is 0 Å². The summed E-state index contributed by atoms with van der Waals surface area (Å²) in [5, 5.41) is 0. The first-order chi connectivity index (χ1) is 7.72. The molecule has 0 saturated heterocycles. The number of hydrogen-bond acceptors (Lipinski definition) is 2. The molecule has 2 nitrogen and oxygen atoms in total. The smallest absolute Gasteiger partial charge is 0.162 e. The van der Waals surface area contributed by atoms with E-state index in [1.54, 1.807) is 0 Å². The van der Waals surface area contributed by atoms with Crippen LogP contribution in [0.25, 0.3) is 0 Å². The van der Waals surface area contributed by atoms with Crippen molar-refractivity contribution >= 4 is 11.5 Å². The van der Waals surface area contributed by atoms with Gasteiger partial charge in [-0.3, -0.25) is 4.79 Å². The van der Waals surface area contributed by atoms with Gasteiger partial charge in [-0.1, -0.05) is 6.92 Å². The van der Waals surface area contributed by atoms with E-state index in [-0.39, 0.29) is 5.78 Å². The van der Waals surface area contributed by atoms with Crippen molar-refractivity contribution in [2.75, 3.05) is 11.9 Å². The summed E-state index contributed by atoms with van der Waals surface area (Å²) in [6.07, 6.45) is 4.53. The van der Waals surface area contributed by atoms with Crippen LogP contribution in [0.2, 0.25) is 0 Å². The van der Waals surface area contributed by atoms with Gasteiger partial charge in [0.2, 0.25) is 0 Å². The van der Waals surface area contributed by atoms with Crippen molar-refractivity contribution < 1.29 is 4.79 Å². The summed E-state index contributed by atoms with van der Waals surface area (Å²) in [7, 11) is 2.14. The molecule has 1 aromatic rings. The average Bonchev–Trinajstić information content (AvgIpc) is 2.26. The second kappa shape index (κ2) is 4.69. The summed E-state index contributed by atoms with van der Waals surface area (Å²) < 4.78 is 0.